The molecule has 3 nitrogen and oxygen atoms in total. The van der Waals surface area contributed by atoms with Crippen LogP contribution in [-0.4, -0.2) is 11.2 Å². The highest BCUT2D eigenvalue weighted by atomic mass is 32.1. The topological polar surface area (TPSA) is 36.1 Å². The quantitative estimate of drug-likeness (QED) is 0.584. The van der Waals surface area contributed by atoms with Crippen molar-refractivity contribution in [2.24, 2.45) is 0 Å². The molecule has 0 heterocycles. The number of aryl methyl sites for hydroxylation is 2. The largest absolute Gasteiger partial charge is 0.359 e. The first-order valence-electron chi connectivity index (χ1n) is 7.05. The van der Waals surface area contributed by atoms with E-state index in [9.17, 15) is 0 Å². The van der Waals surface area contributed by atoms with Gasteiger partial charge in [0.15, 0.2) is 5.11 Å². The zero-order valence-electron chi connectivity index (χ0n) is 11.8. The highest BCUT2D eigenvalue weighted by Gasteiger charge is 2.13. The molecule has 1 aliphatic carbocycles. The Kier molecular flexibility index (Phi) is 5.02. The van der Waals surface area contributed by atoms with Crippen molar-refractivity contribution in [2.75, 3.05) is 5.43 Å². The standard InChI is InChI=1S/C15H23N3S/c1-11-8-9-12(2)14(10-11)17-18-15(19)16-13-6-4-3-5-7-13/h8-10,13,17H,3-7H2,1-2H3,(H2,16,18,19). The highest BCUT2D eigenvalue weighted by molar-refractivity contribution is 7.80. The fourth-order valence-corrected chi connectivity index (χ4v) is 2.68. The Hall–Kier alpha value is -1.29. The molecule has 0 atom stereocenters. The summed E-state index contributed by atoms with van der Waals surface area (Å²) in [4.78, 5) is 0. The molecule has 3 N–H and O–H groups in total. The third kappa shape index (κ3) is 4.39. The van der Waals surface area contributed by atoms with Gasteiger partial charge in [-0.15, -0.1) is 0 Å². The molecule has 0 spiro atoms. The Morgan fingerprint density at radius 2 is 1.89 bits per heavy atom. The van der Waals surface area contributed by atoms with E-state index in [4.69, 9.17) is 12.2 Å². The van der Waals surface area contributed by atoms with Gasteiger partial charge in [-0.1, -0.05) is 31.4 Å². The second-order valence-electron chi connectivity index (χ2n) is 5.38. The average molecular weight is 277 g/mol. The first-order valence-corrected chi connectivity index (χ1v) is 7.46. The molecule has 0 saturated heterocycles. The molecule has 0 aromatic heterocycles. The van der Waals surface area contributed by atoms with Gasteiger partial charge in [-0.3, -0.25) is 10.9 Å². The van der Waals surface area contributed by atoms with E-state index in [1.54, 1.807) is 0 Å². The van der Waals surface area contributed by atoms with Gasteiger partial charge in [0.05, 0.1) is 5.69 Å². The number of thiocarbonyl (C=S) groups is 1. The maximum atomic E-state index is 5.33. The van der Waals surface area contributed by atoms with E-state index < -0.39 is 0 Å². The lowest BCUT2D eigenvalue weighted by Crippen LogP contribution is -2.44. The van der Waals surface area contributed by atoms with Crippen LogP contribution < -0.4 is 16.2 Å². The summed E-state index contributed by atoms with van der Waals surface area (Å²) >= 11 is 5.33. The summed E-state index contributed by atoms with van der Waals surface area (Å²) in [5.74, 6) is 0. The Morgan fingerprint density at radius 1 is 1.16 bits per heavy atom. The third-order valence-corrected chi connectivity index (χ3v) is 3.86. The van der Waals surface area contributed by atoms with Gasteiger partial charge in [0.25, 0.3) is 0 Å². The predicted molar refractivity (Wildman–Crippen MR) is 85.3 cm³/mol. The molecular weight excluding hydrogens is 254 g/mol. The Morgan fingerprint density at radius 3 is 2.63 bits per heavy atom. The lowest BCUT2D eigenvalue weighted by atomic mass is 9.96. The number of rotatable bonds is 3. The normalized spacial score (nSPS) is 15.9. The molecule has 104 valence electrons. The Balaban J connectivity index is 1.81. The van der Waals surface area contributed by atoms with Crippen molar-refractivity contribution in [1.82, 2.24) is 10.7 Å². The van der Waals surface area contributed by atoms with Crippen LogP contribution >= 0.6 is 12.2 Å². The van der Waals surface area contributed by atoms with Crippen LogP contribution in [-0.2, 0) is 0 Å². The minimum Gasteiger partial charge on any atom is -0.359 e. The van der Waals surface area contributed by atoms with Crippen molar-refractivity contribution in [3.63, 3.8) is 0 Å². The number of hydrazine groups is 1. The van der Waals surface area contributed by atoms with Crippen molar-refractivity contribution in [3.05, 3.63) is 29.3 Å². The van der Waals surface area contributed by atoms with Gasteiger partial charge in [0.2, 0.25) is 0 Å². The number of nitrogens with one attached hydrogen (secondary N) is 3. The molecule has 19 heavy (non-hydrogen) atoms. The molecular formula is C15H23N3S. The lowest BCUT2D eigenvalue weighted by Gasteiger charge is -2.24. The van der Waals surface area contributed by atoms with E-state index in [2.05, 4.69) is 48.2 Å². The molecule has 1 aromatic carbocycles. The fourth-order valence-electron chi connectivity index (χ4n) is 2.46. The molecule has 1 fully saturated rings. The van der Waals surface area contributed by atoms with Crippen LogP contribution in [0.3, 0.4) is 0 Å². The molecule has 1 aromatic rings. The fraction of sp³-hybridized carbons (Fsp3) is 0.533. The van der Waals surface area contributed by atoms with Gasteiger partial charge in [0, 0.05) is 6.04 Å². The number of hydrogen-bond donors (Lipinski definition) is 3. The molecule has 4 heteroatoms. The van der Waals surface area contributed by atoms with E-state index in [0.29, 0.717) is 11.2 Å². The van der Waals surface area contributed by atoms with Crippen molar-refractivity contribution in [1.29, 1.82) is 0 Å². The monoisotopic (exact) mass is 277 g/mol. The molecule has 0 amide bonds. The number of benzene rings is 1. The average Bonchev–Trinajstić information content (AvgIpc) is 2.41. The minimum atomic E-state index is 0.536. The van der Waals surface area contributed by atoms with Gasteiger partial charge >= 0.3 is 0 Å². The third-order valence-electron chi connectivity index (χ3n) is 3.64. The Bertz CT molecular complexity index is 439. The van der Waals surface area contributed by atoms with Crippen molar-refractivity contribution in [2.45, 2.75) is 52.0 Å². The van der Waals surface area contributed by atoms with Gasteiger partial charge in [-0.25, -0.2) is 0 Å². The van der Waals surface area contributed by atoms with Crippen molar-refractivity contribution < 1.29 is 0 Å². The molecule has 1 saturated carbocycles. The lowest BCUT2D eigenvalue weighted by molar-refractivity contribution is 0.412. The molecule has 0 aliphatic heterocycles. The van der Waals surface area contributed by atoms with Gasteiger partial charge < -0.3 is 5.32 Å². The maximum absolute atomic E-state index is 5.33. The SMILES string of the molecule is Cc1ccc(C)c(NNC(=S)NC2CCCCC2)c1. The maximum Gasteiger partial charge on any atom is 0.185 e. The molecule has 1 aliphatic rings. The summed E-state index contributed by atoms with van der Waals surface area (Å²) in [7, 11) is 0. The zero-order valence-corrected chi connectivity index (χ0v) is 12.6. The first-order chi connectivity index (χ1) is 9.15. The smallest absolute Gasteiger partial charge is 0.185 e. The van der Waals surface area contributed by atoms with Gasteiger partial charge in [-0.2, -0.15) is 0 Å². The van der Waals surface area contributed by atoms with Crippen LogP contribution in [0.1, 0.15) is 43.2 Å². The second kappa shape index (κ2) is 6.75. The van der Waals surface area contributed by atoms with E-state index >= 15 is 0 Å². The molecule has 0 bridgehead atoms. The van der Waals surface area contributed by atoms with E-state index in [1.165, 1.54) is 43.2 Å². The number of anilines is 1. The van der Waals surface area contributed by atoms with Crippen LogP contribution in [0.5, 0.6) is 0 Å². The van der Waals surface area contributed by atoms with Crippen LogP contribution in [0.15, 0.2) is 18.2 Å². The van der Waals surface area contributed by atoms with Crippen LogP contribution in [0.4, 0.5) is 5.69 Å². The van der Waals surface area contributed by atoms with E-state index in [-0.39, 0.29) is 0 Å². The molecule has 0 radical (unpaired) electrons. The molecule has 2 rings (SSSR count). The minimum absolute atomic E-state index is 0.536. The van der Waals surface area contributed by atoms with E-state index in [1.807, 2.05) is 0 Å². The van der Waals surface area contributed by atoms with Crippen LogP contribution in [0.2, 0.25) is 0 Å². The molecule has 0 unspecified atom stereocenters. The van der Waals surface area contributed by atoms with Crippen molar-refractivity contribution >= 4 is 23.0 Å². The predicted octanol–water partition coefficient (Wildman–Crippen LogP) is 3.43. The summed E-state index contributed by atoms with van der Waals surface area (Å²) < 4.78 is 0. The summed E-state index contributed by atoms with van der Waals surface area (Å²) in [6.45, 7) is 4.17. The van der Waals surface area contributed by atoms with Crippen LogP contribution in [0, 0.1) is 13.8 Å². The van der Waals surface area contributed by atoms with Crippen LogP contribution in [0.25, 0.3) is 0 Å². The summed E-state index contributed by atoms with van der Waals surface area (Å²) in [5.41, 5.74) is 9.79. The van der Waals surface area contributed by atoms with Crippen molar-refractivity contribution in [3.8, 4) is 0 Å². The Labute approximate surface area is 121 Å². The summed E-state index contributed by atoms with van der Waals surface area (Å²) in [6.07, 6.45) is 6.44. The summed E-state index contributed by atoms with van der Waals surface area (Å²) in [6, 6.07) is 6.87. The van der Waals surface area contributed by atoms with E-state index in [0.717, 1.165) is 5.69 Å². The zero-order chi connectivity index (χ0) is 13.7. The van der Waals surface area contributed by atoms with Gasteiger partial charge in [0.1, 0.15) is 0 Å². The highest BCUT2D eigenvalue weighted by Crippen LogP contribution is 2.17. The summed E-state index contributed by atoms with van der Waals surface area (Å²) in [5, 5.41) is 4.07. The van der Waals surface area contributed by atoms with Gasteiger partial charge in [-0.05, 0) is 56.1 Å². The second-order valence-corrected chi connectivity index (χ2v) is 5.79. The number of hydrogen-bond acceptors (Lipinski definition) is 2. The first kappa shape index (κ1) is 14.1.